The molecule has 2 N–H and O–H groups in total. The lowest BCUT2D eigenvalue weighted by Gasteiger charge is -2.36. The van der Waals surface area contributed by atoms with Crippen molar-refractivity contribution in [2.45, 2.75) is 6.42 Å². The van der Waals surface area contributed by atoms with Gasteiger partial charge in [-0.05, 0) is 19.2 Å². The number of nitrogens with zero attached hydrogens (tertiary/aromatic N) is 3. The van der Waals surface area contributed by atoms with Crippen LogP contribution in [0.5, 0.6) is 0 Å². The van der Waals surface area contributed by atoms with E-state index in [0.29, 0.717) is 6.54 Å². The Hall–Kier alpha value is -1.64. The Labute approximate surface area is 143 Å². The van der Waals surface area contributed by atoms with Crippen LogP contribution in [-0.2, 0) is 14.8 Å². The number of carbonyl (C=O) groups is 1. The van der Waals surface area contributed by atoms with Gasteiger partial charge in [0.1, 0.15) is 0 Å². The molecule has 0 bridgehead atoms. The van der Waals surface area contributed by atoms with Gasteiger partial charge in [0, 0.05) is 45.1 Å². The van der Waals surface area contributed by atoms with Crippen LogP contribution in [-0.4, -0.2) is 64.7 Å². The standard InChI is InChI=1S/C16H24N4O3S/c1-18-6-8-19(9-7-18)14-4-2-3-5-15(14)20-11-13(10-16(20)21)12-24(17,22)23/h2-5,13H,6-12H2,1H3,(H2,17,22,23). The van der Waals surface area contributed by atoms with Gasteiger partial charge in [-0.3, -0.25) is 4.79 Å². The highest BCUT2D eigenvalue weighted by Gasteiger charge is 2.34. The zero-order valence-electron chi connectivity index (χ0n) is 13.9. The van der Waals surface area contributed by atoms with E-state index < -0.39 is 10.0 Å². The van der Waals surface area contributed by atoms with Gasteiger partial charge in [-0.15, -0.1) is 0 Å². The summed E-state index contributed by atoms with van der Waals surface area (Å²) in [6.45, 7) is 4.19. The third-order valence-corrected chi connectivity index (χ3v) is 5.63. The van der Waals surface area contributed by atoms with Crippen molar-refractivity contribution in [1.29, 1.82) is 0 Å². The van der Waals surface area contributed by atoms with Crippen LogP contribution >= 0.6 is 0 Å². The number of carbonyl (C=O) groups excluding carboxylic acids is 1. The molecule has 0 aromatic heterocycles. The Morgan fingerprint density at radius 1 is 1.12 bits per heavy atom. The molecule has 0 saturated carbocycles. The minimum Gasteiger partial charge on any atom is -0.367 e. The largest absolute Gasteiger partial charge is 0.367 e. The van der Waals surface area contributed by atoms with Crippen LogP contribution in [0.15, 0.2) is 24.3 Å². The number of primary sulfonamides is 1. The van der Waals surface area contributed by atoms with Crippen molar-refractivity contribution >= 4 is 27.3 Å². The molecule has 24 heavy (non-hydrogen) atoms. The molecule has 0 radical (unpaired) electrons. The second-order valence-corrected chi connectivity index (χ2v) is 8.34. The van der Waals surface area contributed by atoms with Crippen molar-refractivity contribution in [2.75, 3.05) is 55.3 Å². The van der Waals surface area contributed by atoms with E-state index >= 15 is 0 Å². The lowest BCUT2D eigenvalue weighted by Crippen LogP contribution is -2.45. The van der Waals surface area contributed by atoms with Gasteiger partial charge in [-0.1, -0.05) is 12.1 Å². The molecule has 2 aliphatic rings. The van der Waals surface area contributed by atoms with Crippen molar-refractivity contribution < 1.29 is 13.2 Å². The summed E-state index contributed by atoms with van der Waals surface area (Å²) in [5.41, 5.74) is 1.90. The van der Waals surface area contributed by atoms with Gasteiger partial charge in [0.2, 0.25) is 15.9 Å². The number of nitrogens with two attached hydrogens (primary N) is 1. The number of anilines is 2. The van der Waals surface area contributed by atoms with E-state index in [9.17, 15) is 13.2 Å². The lowest BCUT2D eigenvalue weighted by molar-refractivity contribution is -0.117. The van der Waals surface area contributed by atoms with Crippen molar-refractivity contribution in [1.82, 2.24) is 4.90 Å². The Bertz CT molecular complexity index is 714. The molecule has 132 valence electrons. The summed E-state index contributed by atoms with van der Waals surface area (Å²) in [7, 11) is -1.47. The highest BCUT2D eigenvalue weighted by atomic mass is 32.2. The van der Waals surface area contributed by atoms with Crippen LogP contribution in [0.2, 0.25) is 0 Å². The second kappa shape index (κ2) is 6.70. The Morgan fingerprint density at radius 3 is 2.38 bits per heavy atom. The quantitative estimate of drug-likeness (QED) is 0.829. The SMILES string of the molecule is CN1CCN(c2ccccc2N2CC(CS(N)(=O)=O)CC2=O)CC1. The molecular weight excluding hydrogens is 328 g/mol. The first kappa shape index (κ1) is 17.2. The Morgan fingerprint density at radius 2 is 1.75 bits per heavy atom. The number of sulfonamides is 1. The Kier molecular flexibility index (Phi) is 4.80. The maximum absolute atomic E-state index is 12.4. The smallest absolute Gasteiger partial charge is 0.227 e. The van der Waals surface area contributed by atoms with Crippen LogP contribution in [0.3, 0.4) is 0 Å². The minimum absolute atomic E-state index is 0.0368. The third-order valence-electron chi connectivity index (χ3n) is 4.69. The van der Waals surface area contributed by atoms with E-state index in [1.54, 1.807) is 4.90 Å². The van der Waals surface area contributed by atoms with E-state index in [-0.39, 0.29) is 24.0 Å². The molecule has 1 unspecified atom stereocenters. The number of amides is 1. The zero-order valence-corrected chi connectivity index (χ0v) is 14.7. The number of hydrogen-bond acceptors (Lipinski definition) is 5. The van der Waals surface area contributed by atoms with Gasteiger partial charge >= 0.3 is 0 Å². The lowest BCUT2D eigenvalue weighted by atomic mass is 10.1. The molecule has 8 heteroatoms. The van der Waals surface area contributed by atoms with E-state index in [1.165, 1.54) is 0 Å². The summed E-state index contributed by atoms with van der Waals surface area (Å²) < 4.78 is 22.6. The fourth-order valence-corrected chi connectivity index (χ4v) is 4.34. The maximum Gasteiger partial charge on any atom is 0.227 e. The molecular formula is C16H24N4O3S. The molecule has 3 rings (SSSR count). The van der Waals surface area contributed by atoms with Gasteiger partial charge in [-0.2, -0.15) is 0 Å². The van der Waals surface area contributed by atoms with Crippen molar-refractivity contribution in [3.8, 4) is 0 Å². The third kappa shape index (κ3) is 3.88. The van der Waals surface area contributed by atoms with Crippen molar-refractivity contribution in [2.24, 2.45) is 11.1 Å². The number of rotatable bonds is 4. The number of piperazine rings is 1. The number of para-hydroxylation sites is 2. The summed E-state index contributed by atoms with van der Waals surface area (Å²) >= 11 is 0. The van der Waals surface area contributed by atoms with Gasteiger partial charge in [0.25, 0.3) is 0 Å². The van der Waals surface area contributed by atoms with E-state index in [2.05, 4.69) is 16.8 Å². The summed E-state index contributed by atoms with van der Waals surface area (Å²) in [6.07, 6.45) is 0.230. The van der Waals surface area contributed by atoms with Crippen molar-refractivity contribution in [3.05, 3.63) is 24.3 Å². The number of benzene rings is 1. The summed E-state index contributed by atoms with van der Waals surface area (Å²) in [5.74, 6) is -0.426. The van der Waals surface area contributed by atoms with Gasteiger partial charge in [0.15, 0.2) is 0 Å². The second-order valence-electron chi connectivity index (χ2n) is 6.68. The molecule has 2 saturated heterocycles. The molecule has 1 amide bonds. The molecule has 2 fully saturated rings. The zero-order chi connectivity index (χ0) is 17.3. The monoisotopic (exact) mass is 352 g/mol. The first-order chi connectivity index (χ1) is 11.3. The van der Waals surface area contributed by atoms with Crippen LogP contribution < -0.4 is 14.9 Å². The number of hydrogen-bond donors (Lipinski definition) is 1. The normalized spacial score (nSPS) is 23.1. The first-order valence-corrected chi connectivity index (χ1v) is 9.88. The topological polar surface area (TPSA) is 86.9 Å². The summed E-state index contributed by atoms with van der Waals surface area (Å²) in [4.78, 5) is 18.7. The predicted octanol–water partition coefficient (Wildman–Crippen LogP) is 0.0798. The Balaban J connectivity index is 1.81. The molecule has 2 aliphatic heterocycles. The minimum atomic E-state index is -3.57. The van der Waals surface area contributed by atoms with Gasteiger partial charge in [-0.25, -0.2) is 13.6 Å². The molecule has 0 aliphatic carbocycles. The van der Waals surface area contributed by atoms with Crippen LogP contribution in [0, 0.1) is 5.92 Å². The van der Waals surface area contributed by atoms with E-state index in [1.807, 2.05) is 24.3 Å². The number of likely N-dealkylation sites (N-methyl/N-ethyl adjacent to an activating group) is 1. The highest BCUT2D eigenvalue weighted by Crippen LogP contribution is 2.34. The fraction of sp³-hybridized carbons (Fsp3) is 0.562. The van der Waals surface area contributed by atoms with Gasteiger partial charge in [0.05, 0.1) is 17.1 Å². The first-order valence-electron chi connectivity index (χ1n) is 8.17. The highest BCUT2D eigenvalue weighted by molar-refractivity contribution is 7.89. The average molecular weight is 352 g/mol. The van der Waals surface area contributed by atoms with Crippen molar-refractivity contribution in [3.63, 3.8) is 0 Å². The molecule has 1 atom stereocenters. The molecule has 2 heterocycles. The maximum atomic E-state index is 12.4. The van der Waals surface area contributed by atoms with Crippen LogP contribution in [0.25, 0.3) is 0 Å². The predicted molar refractivity (Wildman–Crippen MR) is 94.6 cm³/mol. The molecule has 7 nitrogen and oxygen atoms in total. The summed E-state index contributed by atoms with van der Waals surface area (Å²) in [5, 5.41) is 5.13. The van der Waals surface area contributed by atoms with E-state index in [4.69, 9.17) is 5.14 Å². The van der Waals surface area contributed by atoms with Gasteiger partial charge < -0.3 is 14.7 Å². The molecule has 1 aromatic carbocycles. The average Bonchev–Trinajstić information content (AvgIpc) is 2.86. The molecule has 1 aromatic rings. The van der Waals surface area contributed by atoms with Crippen LogP contribution in [0.4, 0.5) is 11.4 Å². The molecule has 0 spiro atoms. The van der Waals surface area contributed by atoms with E-state index in [0.717, 1.165) is 37.6 Å². The van der Waals surface area contributed by atoms with Crippen LogP contribution in [0.1, 0.15) is 6.42 Å². The fourth-order valence-electron chi connectivity index (χ4n) is 3.46. The summed E-state index contributed by atoms with van der Waals surface area (Å²) in [6, 6.07) is 7.85.